The van der Waals surface area contributed by atoms with Crippen LogP contribution in [0.4, 0.5) is 0 Å². The van der Waals surface area contributed by atoms with Crippen molar-refractivity contribution in [2.24, 2.45) is 0 Å². The Morgan fingerprint density at radius 2 is 1.92 bits per heavy atom. The summed E-state index contributed by atoms with van der Waals surface area (Å²) in [5.41, 5.74) is 1.94. The predicted octanol–water partition coefficient (Wildman–Crippen LogP) is 4.69. The average Bonchev–Trinajstić information content (AvgIpc) is 3.08. The van der Waals surface area contributed by atoms with E-state index in [4.69, 9.17) is 8.94 Å². The van der Waals surface area contributed by atoms with E-state index in [2.05, 4.69) is 32.1 Å². The minimum Gasteiger partial charge on any atom is -0.461 e. The van der Waals surface area contributed by atoms with Crippen LogP contribution in [0.2, 0.25) is 0 Å². The molecule has 1 aromatic carbocycles. The largest absolute Gasteiger partial charge is 0.461 e. The van der Waals surface area contributed by atoms with Crippen LogP contribution in [-0.2, 0) is 5.75 Å². The highest BCUT2D eigenvalue weighted by Crippen LogP contribution is 2.41. The molecule has 3 aromatic heterocycles. The molecule has 6 nitrogen and oxygen atoms in total. The number of para-hydroxylation sites is 1. The van der Waals surface area contributed by atoms with Gasteiger partial charge < -0.3 is 8.94 Å². The predicted molar refractivity (Wildman–Crippen MR) is 97.1 cm³/mol. The van der Waals surface area contributed by atoms with Gasteiger partial charge in [0.15, 0.2) is 10.9 Å². The summed E-state index contributed by atoms with van der Waals surface area (Å²) in [6, 6.07) is 15.8. The zero-order chi connectivity index (χ0) is 17.3. The van der Waals surface area contributed by atoms with Gasteiger partial charge in [-0.25, -0.2) is 0 Å². The Morgan fingerprint density at radius 1 is 1.04 bits per heavy atom. The van der Waals surface area contributed by atoms with Crippen molar-refractivity contribution in [2.75, 3.05) is 0 Å². The number of hydrogen-bond acceptors (Lipinski definition) is 6. The molecule has 26 heavy (non-hydrogen) atoms. The van der Waals surface area contributed by atoms with Gasteiger partial charge in [0.25, 0.3) is 0 Å². The van der Waals surface area contributed by atoms with E-state index in [9.17, 15) is 0 Å². The zero-order valence-corrected chi connectivity index (χ0v) is 14.7. The van der Waals surface area contributed by atoms with Gasteiger partial charge in [0.2, 0.25) is 5.76 Å². The van der Waals surface area contributed by atoms with Gasteiger partial charge in [0.1, 0.15) is 5.82 Å². The molecule has 4 aromatic rings. The molecule has 1 fully saturated rings. The maximum Gasteiger partial charge on any atom is 0.202 e. The summed E-state index contributed by atoms with van der Waals surface area (Å²) in [6.07, 6.45) is 3.99. The summed E-state index contributed by atoms with van der Waals surface area (Å²) in [6.45, 7) is 0. The fourth-order valence-electron chi connectivity index (χ4n) is 2.85. The highest BCUT2D eigenvalue weighted by atomic mass is 32.2. The Hall–Kier alpha value is -2.80. The van der Waals surface area contributed by atoms with Crippen LogP contribution >= 0.6 is 11.8 Å². The number of hydrogen-bond donors (Lipinski definition) is 0. The molecule has 130 valence electrons. The van der Waals surface area contributed by atoms with Crippen molar-refractivity contribution in [2.45, 2.75) is 29.7 Å². The summed E-state index contributed by atoms with van der Waals surface area (Å²) in [4.78, 5) is 0. The van der Waals surface area contributed by atoms with Crippen LogP contribution in [0.15, 0.2) is 68.9 Å². The lowest BCUT2D eigenvalue weighted by Gasteiger charge is -2.09. The minimum absolute atomic E-state index is 0.523. The Bertz CT molecular complexity index is 1000. The molecule has 0 N–H and O–H groups in total. The maximum absolute atomic E-state index is 5.37. The molecule has 5 rings (SSSR count). The molecule has 7 heteroatoms. The Kier molecular flexibility index (Phi) is 3.86. The van der Waals surface area contributed by atoms with Crippen molar-refractivity contribution in [1.82, 2.24) is 19.9 Å². The molecular formula is C19H16N4O2S. The van der Waals surface area contributed by atoms with Gasteiger partial charge in [0.05, 0.1) is 12.0 Å². The van der Waals surface area contributed by atoms with Crippen LogP contribution in [0.5, 0.6) is 0 Å². The Balaban J connectivity index is 1.39. The highest BCUT2D eigenvalue weighted by molar-refractivity contribution is 7.98. The van der Waals surface area contributed by atoms with Gasteiger partial charge >= 0.3 is 0 Å². The lowest BCUT2D eigenvalue weighted by molar-refractivity contribution is 0.413. The topological polar surface area (TPSA) is 69.9 Å². The van der Waals surface area contributed by atoms with Gasteiger partial charge in [0, 0.05) is 23.4 Å². The van der Waals surface area contributed by atoms with E-state index in [-0.39, 0.29) is 0 Å². The van der Waals surface area contributed by atoms with E-state index in [1.54, 1.807) is 18.0 Å². The fourth-order valence-corrected chi connectivity index (χ4v) is 3.69. The second-order valence-corrected chi connectivity index (χ2v) is 7.18. The van der Waals surface area contributed by atoms with Gasteiger partial charge in [-0.05, 0) is 37.1 Å². The minimum atomic E-state index is 0.523. The first-order chi connectivity index (χ1) is 12.9. The summed E-state index contributed by atoms with van der Waals surface area (Å²) < 4.78 is 12.9. The standard InChI is InChI=1S/C19H16N4O2S/c1-2-5-15(6-3-1)23-18(13-8-9-13)20-21-19(23)26-12-14-11-17(25-22-14)16-7-4-10-24-16/h1-7,10-11,13H,8-9,12H2. The highest BCUT2D eigenvalue weighted by Gasteiger charge is 2.31. The fraction of sp³-hybridized carbons (Fsp3) is 0.211. The molecular weight excluding hydrogens is 348 g/mol. The van der Waals surface area contributed by atoms with E-state index in [1.807, 2.05) is 36.4 Å². The molecule has 1 saturated carbocycles. The molecule has 1 aliphatic rings. The number of benzene rings is 1. The van der Waals surface area contributed by atoms with E-state index in [0.29, 0.717) is 23.2 Å². The van der Waals surface area contributed by atoms with Crippen molar-refractivity contribution in [3.05, 3.63) is 66.3 Å². The van der Waals surface area contributed by atoms with E-state index < -0.39 is 0 Å². The molecule has 3 heterocycles. The lowest BCUT2D eigenvalue weighted by atomic mass is 10.3. The first-order valence-corrected chi connectivity index (χ1v) is 9.50. The van der Waals surface area contributed by atoms with Gasteiger partial charge in [-0.2, -0.15) is 0 Å². The molecule has 0 amide bonds. The van der Waals surface area contributed by atoms with Gasteiger partial charge in [-0.1, -0.05) is 35.1 Å². The normalized spacial score (nSPS) is 14.0. The van der Waals surface area contributed by atoms with Crippen molar-refractivity contribution in [3.63, 3.8) is 0 Å². The quantitative estimate of drug-likeness (QED) is 0.463. The van der Waals surface area contributed by atoms with Crippen LogP contribution < -0.4 is 0 Å². The van der Waals surface area contributed by atoms with E-state index in [1.165, 1.54) is 12.8 Å². The third-order valence-electron chi connectivity index (χ3n) is 4.29. The SMILES string of the molecule is c1ccc(-n2c(SCc3cc(-c4ccco4)on3)nnc2C2CC2)cc1. The molecule has 0 atom stereocenters. The summed E-state index contributed by atoms with van der Waals surface area (Å²) in [5, 5.41) is 13.9. The van der Waals surface area contributed by atoms with Crippen LogP contribution in [0.1, 0.15) is 30.3 Å². The molecule has 0 aliphatic heterocycles. The Morgan fingerprint density at radius 3 is 2.69 bits per heavy atom. The average molecular weight is 364 g/mol. The molecule has 0 unspecified atom stereocenters. The van der Waals surface area contributed by atoms with Crippen molar-refractivity contribution < 1.29 is 8.94 Å². The van der Waals surface area contributed by atoms with Crippen LogP contribution in [0, 0.1) is 0 Å². The number of furan rings is 1. The first kappa shape index (κ1) is 15.5. The molecule has 0 saturated heterocycles. The summed E-state index contributed by atoms with van der Waals surface area (Å²) in [5.74, 6) is 3.54. The van der Waals surface area contributed by atoms with E-state index >= 15 is 0 Å². The molecule has 0 bridgehead atoms. The Labute approximate surface area is 154 Å². The van der Waals surface area contributed by atoms with Crippen LogP contribution in [0.3, 0.4) is 0 Å². The number of nitrogens with zero attached hydrogens (tertiary/aromatic N) is 4. The van der Waals surface area contributed by atoms with Crippen LogP contribution in [0.25, 0.3) is 17.2 Å². The van der Waals surface area contributed by atoms with Crippen molar-refractivity contribution >= 4 is 11.8 Å². The smallest absolute Gasteiger partial charge is 0.202 e. The molecule has 0 spiro atoms. The second-order valence-electron chi connectivity index (χ2n) is 6.23. The van der Waals surface area contributed by atoms with Crippen LogP contribution in [-0.4, -0.2) is 19.9 Å². The second kappa shape index (κ2) is 6.49. The zero-order valence-electron chi connectivity index (χ0n) is 13.9. The summed E-state index contributed by atoms with van der Waals surface area (Å²) in [7, 11) is 0. The first-order valence-electron chi connectivity index (χ1n) is 8.51. The van der Waals surface area contributed by atoms with E-state index in [0.717, 1.165) is 22.4 Å². The lowest BCUT2D eigenvalue weighted by Crippen LogP contribution is -2.01. The van der Waals surface area contributed by atoms with Gasteiger partial charge in [-0.15, -0.1) is 10.2 Å². The summed E-state index contributed by atoms with van der Waals surface area (Å²) >= 11 is 1.61. The third kappa shape index (κ3) is 2.94. The number of thioether (sulfide) groups is 1. The number of aromatic nitrogens is 4. The number of rotatable bonds is 6. The monoisotopic (exact) mass is 364 g/mol. The maximum atomic E-state index is 5.37. The molecule has 0 radical (unpaired) electrons. The van der Waals surface area contributed by atoms with Gasteiger partial charge in [-0.3, -0.25) is 4.57 Å². The molecule has 1 aliphatic carbocycles. The van der Waals surface area contributed by atoms with Crippen molar-refractivity contribution in [3.8, 4) is 17.2 Å². The van der Waals surface area contributed by atoms with Crippen molar-refractivity contribution in [1.29, 1.82) is 0 Å². The third-order valence-corrected chi connectivity index (χ3v) is 5.25.